The van der Waals surface area contributed by atoms with Gasteiger partial charge < -0.3 is 14.9 Å². The van der Waals surface area contributed by atoms with Crippen LogP contribution in [0.3, 0.4) is 0 Å². The van der Waals surface area contributed by atoms with E-state index in [9.17, 15) is 9.59 Å². The molecule has 1 amide bonds. The highest BCUT2D eigenvalue weighted by molar-refractivity contribution is 5.95. The molecule has 0 radical (unpaired) electrons. The van der Waals surface area contributed by atoms with Crippen LogP contribution in [0.4, 0.5) is 0 Å². The first kappa shape index (κ1) is 15.7. The zero-order chi connectivity index (χ0) is 16.1. The Balaban J connectivity index is 2.10. The van der Waals surface area contributed by atoms with Crippen LogP contribution in [0, 0.1) is 5.92 Å². The molecule has 7 heteroatoms. The molecular weight excluding hydrogens is 286 g/mol. The Morgan fingerprint density at radius 1 is 1.32 bits per heavy atom. The first-order valence-electron chi connectivity index (χ1n) is 6.88. The van der Waals surface area contributed by atoms with Crippen molar-refractivity contribution in [1.82, 2.24) is 15.5 Å². The summed E-state index contributed by atoms with van der Waals surface area (Å²) >= 11 is 0. The summed E-state index contributed by atoms with van der Waals surface area (Å²) in [5, 5.41) is 15.3. The van der Waals surface area contributed by atoms with Crippen molar-refractivity contribution in [2.45, 2.75) is 26.3 Å². The zero-order valence-corrected chi connectivity index (χ0v) is 12.3. The summed E-state index contributed by atoms with van der Waals surface area (Å²) in [5.74, 6) is -1.08. The summed E-state index contributed by atoms with van der Waals surface area (Å²) in [4.78, 5) is 27.1. The molecule has 0 fully saturated rings. The summed E-state index contributed by atoms with van der Waals surface area (Å²) < 4.78 is 5.11. The fraction of sp³-hybridized carbons (Fsp3) is 0.333. The molecular formula is C15H17N3O4. The monoisotopic (exact) mass is 303 g/mol. The van der Waals surface area contributed by atoms with Gasteiger partial charge in [-0.05, 0) is 24.5 Å². The third-order valence-electron chi connectivity index (χ3n) is 3.02. The van der Waals surface area contributed by atoms with Gasteiger partial charge in [0.2, 0.25) is 0 Å². The molecule has 22 heavy (non-hydrogen) atoms. The molecule has 0 aliphatic carbocycles. The zero-order valence-electron chi connectivity index (χ0n) is 12.3. The molecule has 0 spiro atoms. The lowest BCUT2D eigenvalue weighted by Crippen LogP contribution is -2.41. The van der Waals surface area contributed by atoms with Gasteiger partial charge in [-0.15, -0.1) is 0 Å². The van der Waals surface area contributed by atoms with Gasteiger partial charge in [0.05, 0.1) is 0 Å². The lowest BCUT2D eigenvalue weighted by molar-refractivity contribution is -0.139. The van der Waals surface area contributed by atoms with Gasteiger partial charge >= 0.3 is 5.97 Å². The Bertz CT molecular complexity index is 652. The van der Waals surface area contributed by atoms with Crippen molar-refractivity contribution < 1.29 is 19.2 Å². The predicted molar refractivity (Wildman–Crippen MR) is 78.1 cm³/mol. The van der Waals surface area contributed by atoms with Crippen molar-refractivity contribution in [2.75, 3.05) is 0 Å². The van der Waals surface area contributed by atoms with Crippen molar-refractivity contribution in [3.05, 3.63) is 36.3 Å². The number of amides is 1. The topological polar surface area (TPSA) is 105 Å². The highest BCUT2D eigenvalue weighted by Crippen LogP contribution is 2.19. The van der Waals surface area contributed by atoms with Crippen molar-refractivity contribution in [3.8, 4) is 11.3 Å². The fourth-order valence-electron chi connectivity index (χ4n) is 1.96. The van der Waals surface area contributed by atoms with Crippen LogP contribution in [0.25, 0.3) is 11.3 Å². The molecule has 2 heterocycles. The number of carboxylic acid groups (broad SMARTS) is 1. The minimum atomic E-state index is -1.07. The number of aliphatic carboxylic acids is 1. The number of hydrogen-bond acceptors (Lipinski definition) is 5. The van der Waals surface area contributed by atoms with E-state index >= 15 is 0 Å². The van der Waals surface area contributed by atoms with Gasteiger partial charge in [-0.3, -0.25) is 9.78 Å². The van der Waals surface area contributed by atoms with E-state index in [2.05, 4.69) is 15.5 Å². The summed E-state index contributed by atoms with van der Waals surface area (Å²) in [6.45, 7) is 3.78. The van der Waals surface area contributed by atoms with Crippen LogP contribution in [0.1, 0.15) is 30.8 Å². The summed E-state index contributed by atoms with van der Waals surface area (Å²) in [5.41, 5.74) is 0.778. The number of carbonyl (C=O) groups excluding carboxylic acids is 1. The molecule has 2 N–H and O–H groups in total. The van der Waals surface area contributed by atoms with Gasteiger partial charge in [-0.1, -0.05) is 19.0 Å². The maximum atomic E-state index is 12.1. The Morgan fingerprint density at radius 3 is 2.59 bits per heavy atom. The number of carbonyl (C=O) groups is 2. The molecule has 1 atom stereocenters. The summed E-state index contributed by atoms with van der Waals surface area (Å²) in [6, 6.07) is 3.97. The van der Waals surface area contributed by atoms with Gasteiger partial charge in [-0.25, -0.2) is 4.79 Å². The average Bonchev–Trinajstić information content (AvgIpc) is 2.96. The van der Waals surface area contributed by atoms with Crippen molar-refractivity contribution in [2.24, 2.45) is 5.92 Å². The molecule has 2 aromatic heterocycles. The molecule has 0 aliphatic heterocycles. The van der Waals surface area contributed by atoms with E-state index in [1.807, 2.05) is 13.8 Å². The SMILES string of the molecule is CC(C)CC(NC(=O)c1cc(-c2ccncc2)on1)C(=O)O. The minimum absolute atomic E-state index is 0.0434. The molecule has 7 nitrogen and oxygen atoms in total. The van der Waals surface area contributed by atoms with Gasteiger partial charge in [0.25, 0.3) is 5.91 Å². The van der Waals surface area contributed by atoms with Gasteiger partial charge in [0.15, 0.2) is 11.5 Å². The predicted octanol–water partition coefficient (Wildman–Crippen LogP) is 1.97. The van der Waals surface area contributed by atoms with Crippen LogP contribution in [0.2, 0.25) is 0 Å². The minimum Gasteiger partial charge on any atom is -0.480 e. The average molecular weight is 303 g/mol. The van der Waals surface area contributed by atoms with Crippen molar-refractivity contribution in [1.29, 1.82) is 0 Å². The van der Waals surface area contributed by atoms with E-state index < -0.39 is 17.9 Å². The van der Waals surface area contributed by atoms with Crippen molar-refractivity contribution in [3.63, 3.8) is 0 Å². The normalized spacial score (nSPS) is 12.1. The van der Waals surface area contributed by atoms with Gasteiger partial charge in [0, 0.05) is 24.0 Å². The molecule has 1 unspecified atom stereocenters. The van der Waals surface area contributed by atoms with Crippen molar-refractivity contribution >= 4 is 11.9 Å². The third-order valence-corrected chi connectivity index (χ3v) is 3.02. The molecule has 0 aromatic carbocycles. The van der Waals surface area contributed by atoms with Crippen LogP contribution in [-0.2, 0) is 4.79 Å². The standard InChI is InChI=1S/C15H17N3O4/c1-9(2)7-12(15(20)21)17-14(19)11-8-13(22-18-11)10-3-5-16-6-4-10/h3-6,8-9,12H,7H2,1-2H3,(H,17,19)(H,20,21). The first-order chi connectivity index (χ1) is 10.5. The van der Waals surface area contributed by atoms with E-state index in [0.29, 0.717) is 12.2 Å². The number of nitrogens with zero attached hydrogens (tertiary/aromatic N) is 2. The molecule has 0 saturated carbocycles. The Labute approximate surface area is 127 Å². The highest BCUT2D eigenvalue weighted by atomic mass is 16.5. The van der Waals surface area contributed by atoms with Gasteiger partial charge in [-0.2, -0.15) is 0 Å². The summed E-state index contributed by atoms with van der Waals surface area (Å²) in [6.07, 6.45) is 3.54. The quantitative estimate of drug-likeness (QED) is 0.845. The lowest BCUT2D eigenvalue weighted by Gasteiger charge is -2.15. The second-order valence-corrected chi connectivity index (χ2v) is 5.31. The van der Waals surface area contributed by atoms with Crippen LogP contribution < -0.4 is 5.32 Å². The maximum absolute atomic E-state index is 12.1. The van der Waals surface area contributed by atoms with Crippen LogP contribution in [0.15, 0.2) is 35.1 Å². The number of carboxylic acids is 1. The molecule has 2 aromatic rings. The maximum Gasteiger partial charge on any atom is 0.326 e. The molecule has 0 bridgehead atoms. The van der Waals surface area contributed by atoms with Crippen LogP contribution >= 0.6 is 0 Å². The van der Waals surface area contributed by atoms with Gasteiger partial charge in [0.1, 0.15) is 6.04 Å². The number of rotatable bonds is 6. The van der Waals surface area contributed by atoms with Crippen LogP contribution in [0.5, 0.6) is 0 Å². The number of nitrogens with one attached hydrogen (secondary N) is 1. The van der Waals surface area contributed by atoms with E-state index in [0.717, 1.165) is 5.56 Å². The fourth-order valence-corrected chi connectivity index (χ4v) is 1.96. The Hall–Kier alpha value is -2.70. The Morgan fingerprint density at radius 2 is 2.00 bits per heavy atom. The second kappa shape index (κ2) is 6.84. The molecule has 116 valence electrons. The first-order valence-corrected chi connectivity index (χ1v) is 6.88. The Kier molecular flexibility index (Phi) is 4.88. The molecule has 0 aliphatic rings. The number of pyridine rings is 1. The smallest absolute Gasteiger partial charge is 0.326 e. The second-order valence-electron chi connectivity index (χ2n) is 5.31. The van der Waals surface area contributed by atoms with Crippen LogP contribution in [-0.4, -0.2) is 33.2 Å². The van der Waals surface area contributed by atoms with E-state index in [1.165, 1.54) is 6.07 Å². The van der Waals surface area contributed by atoms with E-state index in [4.69, 9.17) is 9.63 Å². The molecule has 0 saturated heterocycles. The largest absolute Gasteiger partial charge is 0.480 e. The number of aromatic nitrogens is 2. The molecule has 2 rings (SSSR count). The summed E-state index contributed by atoms with van der Waals surface area (Å²) in [7, 11) is 0. The third kappa shape index (κ3) is 3.91. The lowest BCUT2D eigenvalue weighted by atomic mass is 10.0. The van der Waals surface area contributed by atoms with E-state index in [-0.39, 0.29) is 11.6 Å². The van der Waals surface area contributed by atoms with E-state index in [1.54, 1.807) is 24.5 Å². The highest BCUT2D eigenvalue weighted by Gasteiger charge is 2.23. The number of hydrogen-bond donors (Lipinski definition) is 2.